The summed E-state index contributed by atoms with van der Waals surface area (Å²) >= 11 is 0. The van der Waals surface area contributed by atoms with E-state index in [1.54, 1.807) is 0 Å². The molecule has 0 saturated heterocycles. The average Bonchev–Trinajstić information content (AvgIpc) is 3.85. The monoisotopic (exact) mass is 653 g/mol. The van der Waals surface area contributed by atoms with Crippen LogP contribution in [0.3, 0.4) is 0 Å². The van der Waals surface area contributed by atoms with E-state index in [4.69, 9.17) is 19.4 Å². The van der Waals surface area contributed by atoms with E-state index in [0.717, 1.165) is 82.4 Å². The van der Waals surface area contributed by atoms with Gasteiger partial charge in [0.2, 0.25) is 5.95 Å². The van der Waals surface area contributed by atoms with Crippen LogP contribution in [-0.2, 0) is 0 Å². The molecule has 4 aromatic heterocycles. The van der Waals surface area contributed by atoms with E-state index in [-0.39, 0.29) is 0 Å². The molecule has 0 N–H and O–H groups in total. The van der Waals surface area contributed by atoms with Gasteiger partial charge in [0.15, 0.2) is 17.2 Å². The molecule has 11 rings (SSSR count). The highest BCUT2D eigenvalue weighted by molar-refractivity contribution is 6.19. The topological polar surface area (TPSA) is 61.7 Å². The van der Waals surface area contributed by atoms with Crippen LogP contribution in [0.4, 0.5) is 0 Å². The fourth-order valence-corrected chi connectivity index (χ4v) is 7.71. The molecule has 6 nitrogen and oxygen atoms in total. The van der Waals surface area contributed by atoms with Crippen LogP contribution in [0.2, 0.25) is 0 Å². The maximum Gasteiger partial charge on any atom is 0.238 e. The molecule has 0 fully saturated rings. The Kier molecular flexibility index (Phi) is 5.86. The van der Waals surface area contributed by atoms with E-state index in [9.17, 15) is 0 Å². The summed E-state index contributed by atoms with van der Waals surface area (Å²) in [5, 5.41) is 6.74. The molecule has 0 aliphatic heterocycles. The molecule has 0 unspecified atom stereocenters. The molecule has 0 bridgehead atoms. The Hall–Kier alpha value is -7.05. The Morgan fingerprint density at radius 3 is 1.53 bits per heavy atom. The van der Waals surface area contributed by atoms with Gasteiger partial charge in [0.05, 0.1) is 27.8 Å². The number of nitrogens with zero attached hydrogens (tertiary/aromatic N) is 5. The van der Waals surface area contributed by atoms with Crippen molar-refractivity contribution >= 4 is 65.6 Å². The summed E-state index contributed by atoms with van der Waals surface area (Å²) in [4.78, 5) is 15.3. The SMILES string of the molecule is c1ccc(-c2nc(-c3ccccc3)nc(-n3c4ccccc4c4cc5c(cc43)c3ccccc3n5-c3cccc4c3oc3ccccc34)n2)cc1. The Bertz CT molecular complexity index is 3080. The number of benzene rings is 7. The molecule has 0 atom stereocenters. The molecular weight excluding hydrogens is 627 g/mol. The number of furan rings is 1. The smallest absolute Gasteiger partial charge is 0.238 e. The molecule has 0 amide bonds. The largest absolute Gasteiger partial charge is 0.454 e. The number of hydrogen-bond acceptors (Lipinski definition) is 4. The Labute approximate surface area is 291 Å². The maximum atomic E-state index is 6.57. The summed E-state index contributed by atoms with van der Waals surface area (Å²) in [6.45, 7) is 0. The highest BCUT2D eigenvalue weighted by atomic mass is 16.3. The number of aromatic nitrogens is 5. The third-order valence-electron chi connectivity index (χ3n) is 9.98. The van der Waals surface area contributed by atoms with Crippen LogP contribution < -0.4 is 0 Å². The summed E-state index contributed by atoms with van der Waals surface area (Å²) in [6, 6.07) is 56.7. The van der Waals surface area contributed by atoms with Gasteiger partial charge in [0.1, 0.15) is 5.58 Å². The lowest BCUT2D eigenvalue weighted by Crippen LogP contribution is -2.06. The van der Waals surface area contributed by atoms with Gasteiger partial charge < -0.3 is 8.98 Å². The second kappa shape index (κ2) is 10.7. The van der Waals surface area contributed by atoms with Crippen LogP contribution in [0.1, 0.15) is 0 Å². The average molecular weight is 654 g/mol. The molecule has 7 aromatic carbocycles. The van der Waals surface area contributed by atoms with E-state index < -0.39 is 0 Å². The van der Waals surface area contributed by atoms with E-state index in [1.165, 1.54) is 0 Å². The molecular formula is C45H27N5O. The molecule has 6 heteroatoms. The zero-order valence-corrected chi connectivity index (χ0v) is 27.2. The first kappa shape index (κ1) is 27.9. The summed E-state index contributed by atoms with van der Waals surface area (Å²) < 4.78 is 11.1. The van der Waals surface area contributed by atoms with Gasteiger partial charge in [-0.1, -0.05) is 127 Å². The van der Waals surface area contributed by atoms with E-state index >= 15 is 0 Å². The van der Waals surface area contributed by atoms with Crippen molar-refractivity contribution in [3.8, 4) is 34.4 Å². The van der Waals surface area contributed by atoms with Gasteiger partial charge in [-0.3, -0.25) is 4.57 Å². The first-order valence-electron chi connectivity index (χ1n) is 17.0. The fraction of sp³-hybridized carbons (Fsp3) is 0. The van der Waals surface area contributed by atoms with Crippen molar-refractivity contribution in [2.24, 2.45) is 0 Å². The van der Waals surface area contributed by atoms with Gasteiger partial charge >= 0.3 is 0 Å². The highest BCUT2D eigenvalue weighted by Gasteiger charge is 2.22. The Balaban J connectivity index is 1.24. The lowest BCUT2D eigenvalue weighted by molar-refractivity contribution is 0.666. The Morgan fingerprint density at radius 2 is 0.882 bits per heavy atom. The van der Waals surface area contributed by atoms with Crippen LogP contribution in [0.25, 0.3) is 100.0 Å². The fourth-order valence-electron chi connectivity index (χ4n) is 7.71. The summed E-state index contributed by atoms with van der Waals surface area (Å²) in [7, 11) is 0. The van der Waals surface area contributed by atoms with E-state index in [1.807, 2.05) is 72.8 Å². The van der Waals surface area contributed by atoms with Gasteiger partial charge in [-0.25, -0.2) is 4.98 Å². The van der Waals surface area contributed by atoms with Gasteiger partial charge in [-0.05, 0) is 36.4 Å². The van der Waals surface area contributed by atoms with Crippen molar-refractivity contribution in [3.63, 3.8) is 0 Å². The van der Waals surface area contributed by atoms with E-state index in [2.05, 4.69) is 100 Å². The third kappa shape index (κ3) is 4.14. The quantitative estimate of drug-likeness (QED) is 0.190. The summed E-state index contributed by atoms with van der Waals surface area (Å²) in [5.74, 6) is 1.83. The predicted octanol–water partition coefficient (Wildman–Crippen LogP) is 11.3. The third-order valence-corrected chi connectivity index (χ3v) is 9.98. The molecule has 238 valence electrons. The highest BCUT2D eigenvalue weighted by Crippen LogP contribution is 2.41. The lowest BCUT2D eigenvalue weighted by atomic mass is 10.1. The van der Waals surface area contributed by atoms with Crippen molar-refractivity contribution in [2.75, 3.05) is 0 Å². The molecule has 0 saturated carbocycles. The first-order chi connectivity index (χ1) is 25.3. The van der Waals surface area contributed by atoms with Crippen molar-refractivity contribution < 1.29 is 4.42 Å². The minimum Gasteiger partial charge on any atom is -0.454 e. The predicted molar refractivity (Wildman–Crippen MR) is 207 cm³/mol. The van der Waals surface area contributed by atoms with E-state index in [0.29, 0.717) is 17.6 Å². The van der Waals surface area contributed by atoms with Crippen LogP contribution >= 0.6 is 0 Å². The van der Waals surface area contributed by atoms with Crippen LogP contribution in [0, 0.1) is 0 Å². The minimum atomic E-state index is 0.573. The molecule has 0 aliphatic carbocycles. The second-order valence-corrected chi connectivity index (χ2v) is 12.9. The maximum absolute atomic E-state index is 6.57. The lowest BCUT2D eigenvalue weighted by Gasteiger charge is -2.11. The molecule has 51 heavy (non-hydrogen) atoms. The normalized spacial score (nSPS) is 11.9. The molecule has 0 aliphatic rings. The van der Waals surface area contributed by atoms with Crippen molar-refractivity contribution in [2.45, 2.75) is 0 Å². The molecule has 4 heterocycles. The van der Waals surface area contributed by atoms with Gasteiger partial charge in [0.25, 0.3) is 0 Å². The van der Waals surface area contributed by atoms with Crippen LogP contribution in [-0.4, -0.2) is 24.1 Å². The molecule has 0 radical (unpaired) electrons. The van der Waals surface area contributed by atoms with Crippen molar-refractivity contribution in [1.29, 1.82) is 0 Å². The van der Waals surface area contributed by atoms with Gasteiger partial charge in [-0.15, -0.1) is 0 Å². The van der Waals surface area contributed by atoms with Crippen molar-refractivity contribution in [1.82, 2.24) is 24.1 Å². The van der Waals surface area contributed by atoms with Gasteiger partial charge in [0, 0.05) is 43.4 Å². The minimum absolute atomic E-state index is 0.573. The zero-order chi connectivity index (χ0) is 33.5. The number of rotatable bonds is 4. The Morgan fingerprint density at radius 1 is 0.373 bits per heavy atom. The first-order valence-corrected chi connectivity index (χ1v) is 17.0. The van der Waals surface area contributed by atoms with Crippen molar-refractivity contribution in [3.05, 3.63) is 164 Å². The number of hydrogen-bond donors (Lipinski definition) is 0. The molecule has 11 aromatic rings. The summed E-state index contributed by atoms with van der Waals surface area (Å²) in [6.07, 6.45) is 0. The zero-order valence-electron chi connectivity index (χ0n) is 27.2. The van der Waals surface area contributed by atoms with Crippen LogP contribution in [0.15, 0.2) is 168 Å². The second-order valence-electron chi connectivity index (χ2n) is 12.9. The van der Waals surface area contributed by atoms with Gasteiger partial charge in [-0.2, -0.15) is 9.97 Å². The summed E-state index contributed by atoms with van der Waals surface area (Å²) in [5.41, 5.74) is 8.90. The standard InChI is InChI=1S/C45H27N5O/c1-3-14-28(15-4-1)43-46-44(29-16-5-2-6-17-29)48-45(47-43)50-37-23-11-8-19-31(37)35-26-39-34(27-40(35)50)30-18-7-10-22-36(30)49(39)38-24-13-21-33-32-20-9-12-25-41(32)51-42(33)38/h1-27H. The number of para-hydroxylation sites is 4. The molecule has 0 spiro atoms. The van der Waals surface area contributed by atoms with Crippen LogP contribution in [0.5, 0.6) is 0 Å². The number of fused-ring (bicyclic) bond motifs is 9.